The first-order chi connectivity index (χ1) is 37.2. The highest BCUT2D eigenvalue weighted by atomic mass is 32.1. The minimum absolute atomic E-state index is 0.834. The van der Waals surface area contributed by atoms with Crippen molar-refractivity contribution in [3.63, 3.8) is 0 Å². The van der Waals surface area contributed by atoms with Crippen LogP contribution in [0.25, 0.3) is 103 Å². The van der Waals surface area contributed by atoms with Gasteiger partial charge in [-0.2, -0.15) is 0 Å². The number of thiophene rings is 1. The number of furan rings is 1. The van der Waals surface area contributed by atoms with Crippen LogP contribution in [-0.4, -0.2) is 4.57 Å². The summed E-state index contributed by atoms with van der Waals surface area (Å²) in [6.07, 6.45) is 0. The molecule has 0 unspecified atom stereocenters. The molecule has 0 amide bonds. The smallest absolute Gasteiger partial charge is 0.159 e. The molecule has 15 aromatic rings. The van der Waals surface area contributed by atoms with Gasteiger partial charge in [-0.05, 0) is 113 Å². The van der Waals surface area contributed by atoms with E-state index < -0.39 is 0 Å². The molecular formula is C70H45N3OS. The summed E-state index contributed by atoms with van der Waals surface area (Å²) in [4.78, 5) is 4.84. The molecule has 0 aliphatic carbocycles. The van der Waals surface area contributed by atoms with Crippen molar-refractivity contribution < 1.29 is 4.42 Å². The van der Waals surface area contributed by atoms with Crippen molar-refractivity contribution in [2.75, 3.05) is 9.80 Å². The summed E-state index contributed by atoms with van der Waals surface area (Å²) in [5, 5.41) is 9.51. The zero-order valence-electron chi connectivity index (χ0n) is 40.6. The fourth-order valence-corrected chi connectivity index (χ4v) is 12.7. The van der Waals surface area contributed by atoms with Gasteiger partial charge >= 0.3 is 0 Å². The molecule has 75 heavy (non-hydrogen) atoms. The Kier molecular flexibility index (Phi) is 10.0. The number of hydrogen-bond acceptors (Lipinski definition) is 4. The van der Waals surface area contributed by atoms with Crippen LogP contribution in [0.5, 0.6) is 0 Å². The lowest BCUT2D eigenvalue weighted by atomic mass is 9.99. The number of benzene rings is 12. The zero-order chi connectivity index (χ0) is 49.4. The molecule has 352 valence electrons. The van der Waals surface area contributed by atoms with E-state index in [0.717, 1.165) is 78.4 Å². The van der Waals surface area contributed by atoms with Crippen LogP contribution in [0.3, 0.4) is 0 Å². The van der Waals surface area contributed by atoms with Crippen molar-refractivity contribution in [3.05, 3.63) is 273 Å². The van der Waals surface area contributed by atoms with Crippen molar-refractivity contribution >= 4 is 120 Å². The summed E-state index contributed by atoms with van der Waals surface area (Å²) >= 11 is 1.84. The molecule has 0 N–H and O–H groups in total. The fourth-order valence-electron chi connectivity index (χ4n) is 11.5. The van der Waals surface area contributed by atoms with Crippen LogP contribution in [0.15, 0.2) is 277 Å². The highest BCUT2D eigenvalue weighted by Gasteiger charge is 2.26. The van der Waals surface area contributed by atoms with Gasteiger partial charge in [-0.3, -0.25) is 0 Å². The van der Waals surface area contributed by atoms with Crippen molar-refractivity contribution in [1.29, 1.82) is 0 Å². The van der Waals surface area contributed by atoms with Crippen LogP contribution in [0.1, 0.15) is 0 Å². The minimum atomic E-state index is 0.834. The molecule has 4 nitrogen and oxygen atoms in total. The van der Waals surface area contributed by atoms with Gasteiger partial charge in [-0.15, -0.1) is 11.3 Å². The Hall–Kier alpha value is -9.68. The summed E-state index contributed by atoms with van der Waals surface area (Å²) in [6.45, 7) is 0. The monoisotopic (exact) mass is 975 g/mol. The van der Waals surface area contributed by atoms with Crippen LogP contribution in [0.4, 0.5) is 34.1 Å². The summed E-state index contributed by atoms with van der Waals surface area (Å²) in [5.74, 6) is 0. The van der Waals surface area contributed by atoms with E-state index in [1.807, 2.05) is 11.3 Å². The Morgan fingerprint density at radius 1 is 0.333 bits per heavy atom. The van der Waals surface area contributed by atoms with Gasteiger partial charge in [0.1, 0.15) is 5.58 Å². The molecule has 12 aromatic carbocycles. The molecule has 0 aliphatic heterocycles. The Labute approximate surface area is 437 Å². The molecule has 0 saturated heterocycles. The zero-order valence-corrected chi connectivity index (χ0v) is 41.5. The first kappa shape index (κ1) is 43.0. The van der Waals surface area contributed by atoms with Gasteiger partial charge in [0.15, 0.2) is 5.58 Å². The highest BCUT2D eigenvalue weighted by molar-refractivity contribution is 7.26. The van der Waals surface area contributed by atoms with Gasteiger partial charge in [0.05, 0.1) is 27.1 Å². The Balaban J connectivity index is 1.04. The summed E-state index contributed by atoms with van der Waals surface area (Å²) in [7, 11) is 0. The van der Waals surface area contributed by atoms with E-state index >= 15 is 0 Å². The Morgan fingerprint density at radius 2 is 0.933 bits per heavy atom. The molecule has 0 bridgehead atoms. The largest absolute Gasteiger partial charge is 0.454 e. The maximum absolute atomic E-state index is 6.97. The van der Waals surface area contributed by atoms with Gasteiger partial charge in [-0.25, -0.2) is 0 Å². The number of aromatic nitrogens is 1. The molecular weight excluding hydrogens is 931 g/mol. The van der Waals surface area contributed by atoms with E-state index in [2.05, 4.69) is 287 Å². The van der Waals surface area contributed by atoms with E-state index in [0.29, 0.717) is 0 Å². The average Bonchev–Trinajstić information content (AvgIpc) is 4.18. The average molecular weight is 976 g/mol. The lowest BCUT2D eigenvalue weighted by Gasteiger charge is -2.30. The predicted octanol–water partition coefficient (Wildman–Crippen LogP) is 20.5. The minimum Gasteiger partial charge on any atom is -0.454 e. The number of rotatable bonds is 9. The van der Waals surface area contributed by atoms with Gasteiger partial charge in [0.2, 0.25) is 0 Å². The maximum atomic E-state index is 6.97. The van der Waals surface area contributed by atoms with Crippen LogP contribution in [0, 0.1) is 0 Å². The lowest BCUT2D eigenvalue weighted by molar-refractivity contribution is 0.669. The molecule has 5 heteroatoms. The summed E-state index contributed by atoms with van der Waals surface area (Å²) in [5.41, 5.74) is 15.8. The normalized spacial score (nSPS) is 11.7. The third-order valence-corrected chi connectivity index (χ3v) is 16.1. The molecule has 0 aliphatic rings. The molecule has 3 aromatic heterocycles. The van der Waals surface area contributed by atoms with Gasteiger partial charge < -0.3 is 18.8 Å². The molecule has 15 rings (SSSR count). The van der Waals surface area contributed by atoms with Crippen molar-refractivity contribution in [1.82, 2.24) is 4.57 Å². The second-order valence-corrected chi connectivity index (χ2v) is 20.3. The van der Waals surface area contributed by atoms with Crippen molar-refractivity contribution in [2.24, 2.45) is 0 Å². The molecule has 0 atom stereocenters. The second kappa shape index (κ2) is 17.5. The van der Waals surface area contributed by atoms with Gasteiger partial charge in [-0.1, -0.05) is 188 Å². The van der Waals surface area contributed by atoms with Crippen LogP contribution >= 0.6 is 11.3 Å². The van der Waals surface area contributed by atoms with Crippen LogP contribution < -0.4 is 9.80 Å². The van der Waals surface area contributed by atoms with Crippen molar-refractivity contribution in [2.45, 2.75) is 0 Å². The number of para-hydroxylation sites is 4. The quantitative estimate of drug-likeness (QED) is 0.144. The predicted molar refractivity (Wildman–Crippen MR) is 319 cm³/mol. The topological polar surface area (TPSA) is 24.6 Å². The number of fused-ring (bicyclic) bond motifs is 11. The van der Waals surface area contributed by atoms with Gasteiger partial charge in [0, 0.05) is 70.8 Å². The van der Waals surface area contributed by atoms with E-state index in [4.69, 9.17) is 4.42 Å². The van der Waals surface area contributed by atoms with Gasteiger partial charge in [0.25, 0.3) is 0 Å². The molecule has 0 saturated carbocycles. The first-order valence-electron chi connectivity index (χ1n) is 25.5. The van der Waals surface area contributed by atoms with Crippen molar-refractivity contribution in [3.8, 4) is 27.9 Å². The molecule has 0 radical (unpaired) electrons. The number of hydrogen-bond donors (Lipinski definition) is 0. The third-order valence-electron chi connectivity index (χ3n) is 14.9. The Morgan fingerprint density at radius 3 is 1.75 bits per heavy atom. The maximum Gasteiger partial charge on any atom is 0.159 e. The third kappa shape index (κ3) is 7.12. The van der Waals surface area contributed by atoms with Crippen LogP contribution in [0.2, 0.25) is 0 Å². The van der Waals surface area contributed by atoms with E-state index in [-0.39, 0.29) is 0 Å². The summed E-state index contributed by atoms with van der Waals surface area (Å²) < 4.78 is 11.9. The second-order valence-electron chi connectivity index (χ2n) is 19.2. The SMILES string of the molecule is c1ccc(-c2ccc(N(c3ccccc3)c3cc(-c4ccc5c6ccc7ccccc7c6n(-c6ccccc6)c5c4)cc(N(c4cccc5c4oc4ccccc45)c4cccc5c4sc4ccccc45)c3)cc2)cc1. The van der Waals surface area contributed by atoms with Crippen LogP contribution in [-0.2, 0) is 0 Å². The molecule has 0 fully saturated rings. The first-order valence-corrected chi connectivity index (χ1v) is 26.3. The fraction of sp³-hybridized carbons (Fsp3) is 0. The number of anilines is 6. The van der Waals surface area contributed by atoms with E-state index in [1.165, 1.54) is 58.4 Å². The molecule has 3 heterocycles. The highest BCUT2D eigenvalue weighted by Crippen LogP contribution is 2.50. The van der Waals surface area contributed by atoms with E-state index in [1.54, 1.807) is 0 Å². The Bertz CT molecular complexity index is 4540. The summed E-state index contributed by atoms with van der Waals surface area (Å²) in [6, 6.07) is 99.1. The molecule has 0 spiro atoms. The number of nitrogens with zero attached hydrogens (tertiary/aromatic N) is 3. The van der Waals surface area contributed by atoms with E-state index in [9.17, 15) is 0 Å². The standard InChI is InChI=1S/C70H45N3OS/c1-4-18-46(19-5-1)47-34-38-53(39-35-47)71(51-21-6-2-7-22-51)54-42-50(49-37-40-57-60-41-36-48-20-10-11-25-56(48)68(60)73(65(57)44-49)52-23-8-3-9-24-52)43-55(45-54)72(63-30-16-28-61-58-26-12-14-32-66(58)74-69(61)63)64-31-17-29-62-59-27-13-15-33-67(59)75-70(62)64/h1-45H. The lowest BCUT2D eigenvalue weighted by Crippen LogP contribution is -2.14.